The Kier molecular flexibility index (Phi) is 2.91. The van der Waals surface area contributed by atoms with Crippen molar-refractivity contribution in [2.75, 3.05) is 0 Å². The molecule has 0 amide bonds. The van der Waals surface area contributed by atoms with Crippen molar-refractivity contribution in [3.63, 3.8) is 0 Å². The quantitative estimate of drug-likeness (QED) is 0.552. The molecule has 0 rings (SSSR count). The molecule has 3 nitrogen and oxygen atoms in total. The normalized spacial score (nSPS) is 15.3. The van der Waals surface area contributed by atoms with Gasteiger partial charge >= 0.3 is 5.97 Å². The second-order valence-electron chi connectivity index (χ2n) is 2.22. The van der Waals surface area contributed by atoms with Gasteiger partial charge in [-0.2, -0.15) is 0 Å². The molecule has 0 aliphatic heterocycles. The highest BCUT2D eigenvalue weighted by Gasteiger charge is 2.22. The third kappa shape index (κ3) is 2.51. The molecule has 0 spiro atoms. The molecular weight excluding hydrogens is 130 g/mol. The van der Waals surface area contributed by atoms with Crippen molar-refractivity contribution in [3.8, 4) is 12.3 Å². The maximum atomic E-state index is 10.2. The molecule has 0 saturated carbocycles. The number of terminal acetylenes is 1. The van der Waals surface area contributed by atoms with E-state index in [9.17, 15) is 4.79 Å². The summed E-state index contributed by atoms with van der Waals surface area (Å²) in [6.45, 7) is 1.77. The molecular formula is C7H11NO2. The van der Waals surface area contributed by atoms with Crippen LogP contribution in [0, 0.1) is 12.3 Å². The maximum Gasteiger partial charge on any atom is 0.306 e. The predicted molar refractivity (Wildman–Crippen MR) is 38.3 cm³/mol. The SMILES string of the molecule is C#CC(N)(CC)CC(=O)O. The first-order chi connectivity index (χ1) is 4.54. The van der Waals surface area contributed by atoms with E-state index in [0.29, 0.717) is 6.42 Å². The van der Waals surface area contributed by atoms with Crippen LogP contribution < -0.4 is 5.73 Å². The third-order valence-corrected chi connectivity index (χ3v) is 1.39. The van der Waals surface area contributed by atoms with Gasteiger partial charge < -0.3 is 10.8 Å². The highest BCUT2D eigenvalue weighted by molar-refractivity contribution is 5.69. The molecule has 0 bridgehead atoms. The summed E-state index contributed by atoms with van der Waals surface area (Å²) >= 11 is 0. The molecule has 0 aromatic carbocycles. The number of carboxylic acids is 1. The van der Waals surface area contributed by atoms with Gasteiger partial charge in [0.25, 0.3) is 0 Å². The lowest BCUT2D eigenvalue weighted by atomic mass is 9.95. The van der Waals surface area contributed by atoms with Crippen LogP contribution in [0.15, 0.2) is 0 Å². The van der Waals surface area contributed by atoms with Crippen molar-refractivity contribution >= 4 is 5.97 Å². The first-order valence-corrected chi connectivity index (χ1v) is 3.02. The van der Waals surface area contributed by atoms with Crippen LogP contribution in [0.25, 0.3) is 0 Å². The Morgan fingerprint density at radius 1 is 1.90 bits per heavy atom. The lowest BCUT2D eigenvalue weighted by molar-refractivity contribution is -0.137. The molecule has 1 atom stereocenters. The van der Waals surface area contributed by atoms with Crippen LogP contribution in [0.1, 0.15) is 19.8 Å². The largest absolute Gasteiger partial charge is 0.481 e. The summed E-state index contributed by atoms with van der Waals surface area (Å²) in [5, 5.41) is 8.34. The van der Waals surface area contributed by atoms with Crippen LogP contribution in [-0.2, 0) is 4.79 Å². The van der Waals surface area contributed by atoms with Crippen molar-refractivity contribution in [1.82, 2.24) is 0 Å². The van der Waals surface area contributed by atoms with E-state index in [1.165, 1.54) is 0 Å². The van der Waals surface area contributed by atoms with E-state index in [1.54, 1.807) is 6.92 Å². The standard InChI is InChI=1S/C7H11NO2/c1-3-7(8,4-2)5-6(9)10/h1H,4-5,8H2,2H3,(H,9,10). The van der Waals surface area contributed by atoms with Gasteiger partial charge in [-0.15, -0.1) is 6.42 Å². The molecule has 0 aromatic rings. The van der Waals surface area contributed by atoms with Crippen LogP contribution in [0.4, 0.5) is 0 Å². The zero-order valence-corrected chi connectivity index (χ0v) is 5.92. The van der Waals surface area contributed by atoms with Crippen LogP contribution in [0.2, 0.25) is 0 Å². The Bertz CT molecular complexity index is 171. The summed E-state index contributed by atoms with van der Waals surface area (Å²) in [6.07, 6.45) is 5.34. The summed E-state index contributed by atoms with van der Waals surface area (Å²) in [5.74, 6) is 1.30. The highest BCUT2D eigenvalue weighted by atomic mass is 16.4. The van der Waals surface area contributed by atoms with Gasteiger partial charge in [0.2, 0.25) is 0 Å². The zero-order chi connectivity index (χ0) is 8.20. The Morgan fingerprint density at radius 2 is 2.40 bits per heavy atom. The van der Waals surface area contributed by atoms with Crippen LogP contribution in [0.3, 0.4) is 0 Å². The average Bonchev–Trinajstić information content (AvgIpc) is 1.87. The van der Waals surface area contributed by atoms with Gasteiger partial charge in [0.05, 0.1) is 12.0 Å². The number of rotatable bonds is 3. The number of nitrogens with two attached hydrogens (primary N) is 1. The molecule has 10 heavy (non-hydrogen) atoms. The van der Waals surface area contributed by atoms with Gasteiger partial charge in [-0.05, 0) is 6.42 Å². The average molecular weight is 141 g/mol. The second kappa shape index (κ2) is 3.23. The monoisotopic (exact) mass is 141 g/mol. The Balaban J connectivity index is 4.10. The van der Waals surface area contributed by atoms with E-state index >= 15 is 0 Å². The van der Waals surface area contributed by atoms with E-state index in [-0.39, 0.29) is 6.42 Å². The maximum absolute atomic E-state index is 10.2. The number of aliphatic carboxylic acids is 1. The van der Waals surface area contributed by atoms with Crippen LogP contribution in [0.5, 0.6) is 0 Å². The molecule has 0 radical (unpaired) electrons. The first-order valence-electron chi connectivity index (χ1n) is 3.02. The molecule has 0 saturated heterocycles. The molecule has 1 unspecified atom stereocenters. The number of hydrogen-bond acceptors (Lipinski definition) is 2. The summed E-state index contributed by atoms with van der Waals surface area (Å²) in [4.78, 5) is 10.2. The van der Waals surface area contributed by atoms with Crippen LogP contribution in [-0.4, -0.2) is 16.6 Å². The Morgan fingerprint density at radius 3 is 2.50 bits per heavy atom. The van der Waals surface area contributed by atoms with Gasteiger partial charge in [-0.25, -0.2) is 0 Å². The van der Waals surface area contributed by atoms with E-state index in [0.717, 1.165) is 0 Å². The van der Waals surface area contributed by atoms with Crippen molar-refractivity contribution in [1.29, 1.82) is 0 Å². The van der Waals surface area contributed by atoms with Crippen molar-refractivity contribution < 1.29 is 9.90 Å². The lowest BCUT2D eigenvalue weighted by Gasteiger charge is -2.17. The minimum absolute atomic E-state index is 0.167. The molecule has 0 fully saturated rings. The van der Waals surface area contributed by atoms with Gasteiger partial charge in [0.1, 0.15) is 0 Å². The molecule has 56 valence electrons. The van der Waals surface area contributed by atoms with E-state index in [4.69, 9.17) is 17.3 Å². The van der Waals surface area contributed by atoms with Gasteiger partial charge in [0.15, 0.2) is 0 Å². The summed E-state index contributed by atoms with van der Waals surface area (Å²) < 4.78 is 0. The van der Waals surface area contributed by atoms with Gasteiger partial charge in [0, 0.05) is 0 Å². The van der Waals surface area contributed by atoms with E-state index < -0.39 is 11.5 Å². The summed E-state index contributed by atoms with van der Waals surface area (Å²) in [5.41, 5.74) is 4.51. The molecule has 0 aliphatic carbocycles. The first kappa shape index (κ1) is 8.99. The number of carboxylic acid groups (broad SMARTS) is 1. The molecule has 3 heteroatoms. The van der Waals surface area contributed by atoms with E-state index in [1.807, 2.05) is 0 Å². The second-order valence-corrected chi connectivity index (χ2v) is 2.22. The van der Waals surface area contributed by atoms with Crippen molar-refractivity contribution in [3.05, 3.63) is 0 Å². The Labute approximate surface area is 60.2 Å². The lowest BCUT2D eigenvalue weighted by Crippen LogP contribution is -2.39. The predicted octanol–water partition coefficient (Wildman–Crippen LogP) is 0.202. The van der Waals surface area contributed by atoms with Gasteiger partial charge in [-0.1, -0.05) is 12.8 Å². The van der Waals surface area contributed by atoms with Gasteiger partial charge in [-0.3, -0.25) is 4.79 Å². The fourth-order valence-electron chi connectivity index (χ4n) is 0.548. The smallest absolute Gasteiger partial charge is 0.306 e. The fourth-order valence-corrected chi connectivity index (χ4v) is 0.548. The highest BCUT2D eigenvalue weighted by Crippen LogP contribution is 2.09. The molecule has 0 heterocycles. The van der Waals surface area contributed by atoms with Crippen molar-refractivity contribution in [2.24, 2.45) is 5.73 Å². The minimum atomic E-state index is -0.966. The number of hydrogen-bond donors (Lipinski definition) is 2. The van der Waals surface area contributed by atoms with E-state index in [2.05, 4.69) is 5.92 Å². The molecule has 3 N–H and O–H groups in total. The number of carbonyl (C=O) groups is 1. The molecule has 0 aromatic heterocycles. The molecule has 0 aliphatic rings. The van der Waals surface area contributed by atoms with Crippen LogP contribution >= 0.6 is 0 Å². The topological polar surface area (TPSA) is 63.3 Å². The summed E-state index contributed by atoms with van der Waals surface area (Å²) in [6, 6.07) is 0. The fraction of sp³-hybridized carbons (Fsp3) is 0.571. The Hall–Kier alpha value is -1.01. The summed E-state index contributed by atoms with van der Waals surface area (Å²) in [7, 11) is 0. The minimum Gasteiger partial charge on any atom is -0.481 e. The zero-order valence-electron chi connectivity index (χ0n) is 5.92. The third-order valence-electron chi connectivity index (χ3n) is 1.39. The van der Waals surface area contributed by atoms with Crippen molar-refractivity contribution in [2.45, 2.75) is 25.3 Å².